The zero-order valence-electron chi connectivity index (χ0n) is 13.1. The van der Waals surface area contributed by atoms with Crippen LogP contribution in [0.2, 0.25) is 0 Å². The van der Waals surface area contributed by atoms with Gasteiger partial charge in [0, 0.05) is 38.7 Å². The third kappa shape index (κ3) is 4.15. The lowest BCUT2D eigenvalue weighted by molar-refractivity contribution is -0.271. The van der Waals surface area contributed by atoms with Gasteiger partial charge >= 0.3 is 12.2 Å². The van der Waals surface area contributed by atoms with E-state index in [1.165, 1.54) is 11.1 Å². The smallest absolute Gasteiger partial charge is 0.380 e. The van der Waals surface area contributed by atoms with Crippen LogP contribution in [-0.2, 0) is 6.54 Å². The summed E-state index contributed by atoms with van der Waals surface area (Å²) in [6.45, 7) is 4.48. The summed E-state index contributed by atoms with van der Waals surface area (Å²) in [6, 6.07) is -0.488. The Kier molecular flexibility index (Phi) is 4.88. The molecule has 0 saturated carbocycles. The number of hydrogen-bond donors (Lipinski definition) is 2. The van der Waals surface area contributed by atoms with Crippen LogP contribution in [0.4, 0.5) is 23.7 Å². The van der Waals surface area contributed by atoms with Crippen LogP contribution in [0.1, 0.15) is 26.7 Å². The second-order valence-electron chi connectivity index (χ2n) is 6.29. The van der Waals surface area contributed by atoms with Crippen molar-refractivity contribution in [2.24, 2.45) is 5.92 Å². The van der Waals surface area contributed by atoms with Crippen LogP contribution in [-0.4, -0.2) is 50.7 Å². The Bertz CT molecular complexity index is 548. The van der Waals surface area contributed by atoms with E-state index in [1.54, 1.807) is 10.9 Å². The van der Waals surface area contributed by atoms with Gasteiger partial charge in [-0.3, -0.25) is 4.68 Å². The third-order valence-electron chi connectivity index (χ3n) is 3.84. The molecule has 130 valence electrons. The second kappa shape index (κ2) is 6.38. The largest absolute Gasteiger partial charge is 0.417 e. The Hall–Kier alpha value is -1.77. The maximum Gasteiger partial charge on any atom is 0.417 e. The Morgan fingerprint density at radius 1 is 1.43 bits per heavy atom. The van der Waals surface area contributed by atoms with Gasteiger partial charge in [-0.25, -0.2) is 4.79 Å². The van der Waals surface area contributed by atoms with Crippen LogP contribution in [0, 0.1) is 5.92 Å². The number of carbonyl (C=O) groups excluding carboxylic acids is 1. The SMILES string of the molecule is CC(C)Cn1cc(NC(=O)N2CCC(O)(C(F)(F)F)CC2)cn1. The van der Waals surface area contributed by atoms with Crippen LogP contribution in [0.3, 0.4) is 0 Å². The van der Waals surface area contributed by atoms with Gasteiger partial charge in [-0.1, -0.05) is 13.8 Å². The molecule has 0 radical (unpaired) electrons. The van der Waals surface area contributed by atoms with E-state index in [1.807, 2.05) is 13.8 Å². The van der Waals surface area contributed by atoms with Gasteiger partial charge in [-0.15, -0.1) is 0 Å². The number of hydrogen-bond acceptors (Lipinski definition) is 3. The van der Waals surface area contributed by atoms with Gasteiger partial charge in [0.2, 0.25) is 0 Å². The molecule has 2 heterocycles. The van der Waals surface area contributed by atoms with Crippen LogP contribution in [0.5, 0.6) is 0 Å². The number of aromatic nitrogens is 2. The summed E-state index contributed by atoms with van der Waals surface area (Å²) < 4.78 is 39.9. The molecule has 0 aliphatic carbocycles. The molecule has 2 amide bonds. The van der Waals surface area contributed by atoms with Crippen molar-refractivity contribution in [3.05, 3.63) is 12.4 Å². The molecule has 1 fully saturated rings. The summed E-state index contributed by atoms with van der Waals surface area (Å²) in [6.07, 6.45) is -2.54. The molecule has 1 aromatic rings. The van der Waals surface area contributed by atoms with Gasteiger partial charge < -0.3 is 15.3 Å². The number of nitrogens with one attached hydrogen (secondary N) is 1. The molecular formula is C14H21F3N4O2. The van der Waals surface area contributed by atoms with E-state index >= 15 is 0 Å². The quantitative estimate of drug-likeness (QED) is 0.892. The van der Waals surface area contributed by atoms with Crippen LogP contribution in [0.25, 0.3) is 0 Å². The zero-order valence-corrected chi connectivity index (χ0v) is 13.1. The molecule has 1 aromatic heterocycles. The fourth-order valence-electron chi connectivity index (χ4n) is 2.47. The van der Waals surface area contributed by atoms with E-state index in [4.69, 9.17) is 0 Å². The molecule has 2 rings (SSSR count). The summed E-state index contributed by atoms with van der Waals surface area (Å²) in [5, 5.41) is 16.3. The van der Waals surface area contributed by atoms with Gasteiger partial charge in [0.15, 0.2) is 5.60 Å². The Morgan fingerprint density at radius 3 is 2.57 bits per heavy atom. The van der Waals surface area contributed by atoms with Crippen molar-refractivity contribution < 1.29 is 23.1 Å². The van der Waals surface area contributed by atoms with E-state index in [2.05, 4.69) is 10.4 Å². The number of halogens is 3. The highest BCUT2D eigenvalue weighted by Gasteiger charge is 2.54. The van der Waals surface area contributed by atoms with Crippen LogP contribution < -0.4 is 5.32 Å². The highest BCUT2D eigenvalue weighted by atomic mass is 19.4. The second-order valence-corrected chi connectivity index (χ2v) is 6.29. The Labute approximate surface area is 132 Å². The summed E-state index contributed by atoms with van der Waals surface area (Å²) in [5.41, 5.74) is -2.21. The molecule has 2 N–H and O–H groups in total. The zero-order chi connectivity index (χ0) is 17.3. The van der Waals surface area contributed by atoms with Crippen molar-refractivity contribution in [1.29, 1.82) is 0 Å². The van der Waals surface area contributed by atoms with Gasteiger partial charge in [-0.05, 0) is 5.92 Å². The molecule has 0 bridgehead atoms. The average Bonchev–Trinajstić information content (AvgIpc) is 2.84. The lowest BCUT2D eigenvalue weighted by Gasteiger charge is -2.38. The average molecular weight is 334 g/mol. The summed E-state index contributed by atoms with van der Waals surface area (Å²) in [4.78, 5) is 13.3. The fraction of sp³-hybridized carbons (Fsp3) is 0.714. The molecular weight excluding hydrogens is 313 g/mol. The van der Waals surface area contributed by atoms with Gasteiger partial charge in [0.05, 0.1) is 11.9 Å². The maximum atomic E-state index is 12.7. The molecule has 0 aromatic carbocycles. The van der Waals surface area contributed by atoms with Crippen molar-refractivity contribution in [1.82, 2.24) is 14.7 Å². The molecule has 1 aliphatic rings. The van der Waals surface area contributed by atoms with E-state index in [-0.39, 0.29) is 13.1 Å². The predicted molar refractivity (Wildman–Crippen MR) is 77.9 cm³/mol. The molecule has 0 atom stereocenters. The Balaban J connectivity index is 1.89. The van der Waals surface area contributed by atoms with Crippen LogP contribution in [0.15, 0.2) is 12.4 Å². The van der Waals surface area contributed by atoms with E-state index in [9.17, 15) is 23.1 Å². The fourth-order valence-corrected chi connectivity index (χ4v) is 2.47. The minimum atomic E-state index is -4.67. The Morgan fingerprint density at radius 2 is 2.04 bits per heavy atom. The first-order valence-corrected chi connectivity index (χ1v) is 7.48. The number of aliphatic hydroxyl groups is 1. The molecule has 6 nitrogen and oxygen atoms in total. The minimum Gasteiger partial charge on any atom is -0.380 e. The van der Waals surface area contributed by atoms with E-state index in [0.29, 0.717) is 18.2 Å². The number of amides is 2. The van der Waals surface area contributed by atoms with E-state index in [0.717, 1.165) is 0 Å². The molecule has 0 unspecified atom stereocenters. The van der Waals surface area contributed by atoms with E-state index < -0.39 is 30.7 Å². The van der Waals surface area contributed by atoms with Gasteiger partial charge in [0.1, 0.15) is 0 Å². The first kappa shape index (κ1) is 17.6. The molecule has 1 saturated heterocycles. The molecule has 1 aliphatic heterocycles. The number of likely N-dealkylation sites (tertiary alicyclic amines) is 1. The number of rotatable bonds is 3. The normalized spacial score (nSPS) is 18.3. The predicted octanol–water partition coefficient (Wildman–Crippen LogP) is 2.46. The lowest BCUT2D eigenvalue weighted by Crippen LogP contribution is -2.55. The number of anilines is 1. The summed E-state index contributed by atoms with van der Waals surface area (Å²) >= 11 is 0. The minimum absolute atomic E-state index is 0.151. The van der Waals surface area contributed by atoms with Crippen molar-refractivity contribution in [3.63, 3.8) is 0 Å². The molecule has 9 heteroatoms. The monoisotopic (exact) mass is 334 g/mol. The van der Waals surface area contributed by atoms with Gasteiger partial charge in [0.25, 0.3) is 0 Å². The first-order chi connectivity index (χ1) is 10.6. The van der Waals surface area contributed by atoms with Crippen molar-refractivity contribution in [3.8, 4) is 0 Å². The van der Waals surface area contributed by atoms with Crippen molar-refractivity contribution >= 4 is 11.7 Å². The van der Waals surface area contributed by atoms with Crippen molar-refractivity contribution in [2.75, 3.05) is 18.4 Å². The van der Waals surface area contributed by atoms with Gasteiger partial charge in [-0.2, -0.15) is 18.3 Å². The lowest BCUT2D eigenvalue weighted by atomic mass is 9.91. The number of piperidine rings is 1. The highest BCUT2D eigenvalue weighted by molar-refractivity contribution is 5.89. The molecule has 23 heavy (non-hydrogen) atoms. The topological polar surface area (TPSA) is 70.4 Å². The number of carbonyl (C=O) groups is 1. The first-order valence-electron chi connectivity index (χ1n) is 7.48. The van der Waals surface area contributed by atoms with Crippen molar-refractivity contribution in [2.45, 2.75) is 45.0 Å². The summed E-state index contributed by atoms with van der Waals surface area (Å²) in [5.74, 6) is 0.403. The highest BCUT2D eigenvalue weighted by Crippen LogP contribution is 2.38. The number of urea groups is 1. The maximum absolute atomic E-state index is 12.7. The molecule has 0 spiro atoms. The standard InChI is InChI=1S/C14H21F3N4O2/c1-10(2)8-21-9-11(7-18-21)19-12(22)20-5-3-13(23,4-6-20)14(15,16)17/h7,9-10,23H,3-6,8H2,1-2H3,(H,19,22). The third-order valence-corrected chi connectivity index (χ3v) is 3.84. The van der Waals surface area contributed by atoms with Crippen LogP contribution >= 0.6 is 0 Å². The number of alkyl halides is 3. The summed E-state index contributed by atoms with van der Waals surface area (Å²) in [7, 11) is 0. The number of nitrogens with zero attached hydrogens (tertiary/aromatic N) is 3.